The summed E-state index contributed by atoms with van der Waals surface area (Å²) in [6.45, 7) is 2.63. The molecule has 2 N–H and O–H groups in total. The molecule has 2 aliphatic carbocycles. The Kier molecular flexibility index (Phi) is 9.91. The molecule has 8 heteroatoms. The van der Waals surface area contributed by atoms with Gasteiger partial charge in [0.25, 0.3) is 5.91 Å². The van der Waals surface area contributed by atoms with Gasteiger partial charge in [-0.15, -0.1) is 0 Å². The van der Waals surface area contributed by atoms with Gasteiger partial charge in [-0.3, -0.25) is 14.4 Å². The van der Waals surface area contributed by atoms with Crippen LogP contribution in [0, 0.1) is 23.7 Å². The van der Waals surface area contributed by atoms with Crippen molar-refractivity contribution in [3.05, 3.63) is 89.8 Å². The molecule has 2 atom stereocenters. The van der Waals surface area contributed by atoms with Gasteiger partial charge in [-0.2, -0.15) is 0 Å². The van der Waals surface area contributed by atoms with Crippen LogP contribution < -0.4 is 5.32 Å². The second-order valence-electron chi connectivity index (χ2n) is 13.3. The number of nitrogens with zero attached hydrogens (tertiary/aromatic N) is 3. The van der Waals surface area contributed by atoms with Gasteiger partial charge >= 0.3 is 5.97 Å². The van der Waals surface area contributed by atoms with Crippen LogP contribution in [0.1, 0.15) is 79.8 Å². The third kappa shape index (κ3) is 7.38. The standard InChI is InChI=1S/C38H44N4O4/c1-2-25-8-12-27(13-9-25)28-16-18-29(19-17-28)32-21-39-35(40-22-32)30-14-10-26(11-15-30)20-34(37(44)42-23-33(24-42)38(45)46)41-36(43)31-6-4-3-5-7-31/h3-7,10-11,14-15,18,21-22,25,27-28,33-34H,2,8-9,12-13,16-17,19-20,23-24H2,1H3,(H,41,43)(H,45,46)/t25?,27?,28?,34-/m0/s1. The zero-order chi connectivity index (χ0) is 32.0. The summed E-state index contributed by atoms with van der Waals surface area (Å²) in [5.41, 5.74) is 4.65. The fraction of sp³-hybridized carbons (Fsp3) is 0.447. The van der Waals surface area contributed by atoms with Crippen molar-refractivity contribution in [2.75, 3.05) is 13.1 Å². The molecule has 1 saturated heterocycles. The highest BCUT2D eigenvalue weighted by molar-refractivity contribution is 5.98. The molecule has 0 spiro atoms. The van der Waals surface area contributed by atoms with Gasteiger partial charge in [0.2, 0.25) is 5.91 Å². The first-order valence-corrected chi connectivity index (χ1v) is 16.9. The zero-order valence-electron chi connectivity index (χ0n) is 26.6. The summed E-state index contributed by atoms with van der Waals surface area (Å²) in [4.78, 5) is 48.4. The quantitative estimate of drug-likeness (QED) is 0.270. The summed E-state index contributed by atoms with van der Waals surface area (Å²) in [7, 11) is 0. The lowest BCUT2D eigenvalue weighted by atomic mass is 9.71. The molecule has 240 valence electrons. The largest absolute Gasteiger partial charge is 0.481 e. The molecular formula is C38H44N4O4. The highest BCUT2D eigenvalue weighted by Gasteiger charge is 2.39. The third-order valence-electron chi connectivity index (χ3n) is 10.4. The summed E-state index contributed by atoms with van der Waals surface area (Å²) in [6.07, 6.45) is 17.0. The number of hydrogen-bond acceptors (Lipinski definition) is 5. The van der Waals surface area contributed by atoms with Crippen molar-refractivity contribution in [1.29, 1.82) is 0 Å². The van der Waals surface area contributed by atoms with Crippen LogP contribution in [-0.2, 0) is 16.0 Å². The Morgan fingerprint density at radius 1 is 0.891 bits per heavy atom. The van der Waals surface area contributed by atoms with Crippen LogP contribution in [0.25, 0.3) is 17.0 Å². The van der Waals surface area contributed by atoms with E-state index in [2.05, 4.69) is 28.3 Å². The van der Waals surface area contributed by atoms with E-state index >= 15 is 0 Å². The van der Waals surface area contributed by atoms with Crippen LogP contribution in [0.4, 0.5) is 0 Å². The molecule has 2 fully saturated rings. The molecule has 1 aromatic heterocycles. The number of aliphatic carboxylic acids is 1. The smallest absolute Gasteiger partial charge is 0.310 e. The molecule has 0 radical (unpaired) electrons. The van der Waals surface area contributed by atoms with Gasteiger partial charge in [0.1, 0.15) is 6.04 Å². The van der Waals surface area contributed by atoms with E-state index < -0.39 is 17.9 Å². The number of carbonyl (C=O) groups excluding carboxylic acids is 2. The number of rotatable bonds is 10. The van der Waals surface area contributed by atoms with E-state index in [9.17, 15) is 19.5 Å². The number of likely N-dealkylation sites (tertiary alicyclic amines) is 1. The predicted octanol–water partition coefficient (Wildman–Crippen LogP) is 6.43. The van der Waals surface area contributed by atoms with Crippen molar-refractivity contribution in [1.82, 2.24) is 20.2 Å². The minimum Gasteiger partial charge on any atom is -0.481 e. The maximum absolute atomic E-state index is 13.3. The van der Waals surface area contributed by atoms with Crippen LogP contribution in [0.5, 0.6) is 0 Å². The molecule has 0 bridgehead atoms. The van der Waals surface area contributed by atoms with Gasteiger partial charge in [-0.05, 0) is 73.1 Å². The Bertz CT molecular complexity index is 1540. The molecule has 3 aromatic rings. The van der Waals surface area contributed by atoms with Crippen LogP contribution in [0.15, 0.2) is 73.1 Å². The minimum absolute atomic E-state index is 0.148. The van der Waals surface area contributed by atoms with Crippen molar-refractivity contribution in [3.8, 4) is 11.4 Å². The molecule has 2 aromatic carbocycles. The number of carboxylic acid groups (broad SMARTS) is 1. The lowest BCUT2D eigenvalue weighted by Gasteiger charge is -2.39. The summed E-state index contributed by atoms with van der Waals surface area (Å²) in [5.74, 6) is 1.18. The Hall–Kier alpha value is -4.33. The Morgan fingerprint density at radius 3 is 2.20 bits per heavy atom. The number of aromatic nitrogens is 2. The topological polar surface area (TPSA) is 112 Å². The molecule has 1 saturated carbocycles. The third-order valence-corrected chi connectivity index (χ3v) is 10.4. The fourth-order valence-electron chi connectivity index (χ4n) is 7.35. The number of benzene rings is 2. The maximum Gasteiger partial charge on any atom is 0.310 e. The van der Waals surface area contributed by atoms with Gasteiger partial charge in [0.05, 0.1) is 5.92 Å². The van der Waals surface area contributed by atoms with Crippen LogP contribution in [0.3, 0.4) is 0 Å². The first-order valence-electron chi connectivity index (χ1n) is 16.9. The van der Waals surface area contributed by atoms with E-state index in [1.165, 1.54) is 49.0 Å². The average molecular weight is 621 g/mol. The average Bonchev–Trinajstić information content (AvgIpc) is 3.08. The molecule has 6 rings (SSSR count). The molecule has 8 nitrogen and oxygen atoms in total. The number of amides is 2. The van der Waals surface area contributed by atoms with Crippen molar-refractivity contribution in [3.63, 3.8) is 0 Å². The lowest BCUT2D eigenvalue weighted by Crippen LogP contribution is -2.59. The van der Waals surface area contributed by atoms with E-state index in [1.54, 1.807) is 24.3 Å². The number of hydrogen-bond donors (Lipinski definition) is 2. The number of nitrogens with one attached hydrogen (secondary N) is 1. The van der Waals surface area contributed by atoms with Crippen molar-refractivity contribution < 1.29 is 19.5 Å². The van der Waals surface area contributed by atoms with E-state index in [-0.39, 0.29) is 31.3 Å². The molecule has 3 aliphatic rings. The Balaban J connectivity index is 1.08. The Labute approximate surface area is 271 Å². The summed E-state index contributed by atoms with van der Waals surface area (Å²) in [6, 6.07) is 15.7. The molecule has 1 unspecified atom stereocenters. The molecule has 1 aliphatic heterocycles. The van der Waals surface area contributed by atoms with E-state index in [4.69, 9.17) is 0 Å². The highest BCUT2D eigenvalue weighted by atomic mass is 16.4. The predicted molar refractivity (Wildman–Crippen MR) is 178 cm³/mol. The second kappa shape index (κ2) is 14.4. The number of carboxylic acids is 1. The summed E-state index contributed by atoms with van der Waals surface area (Å²) >= 11 is 0. The van der Waals surface area contributed by atoms with E-state index in [0.29, 0.717) is 11.4 Å². The normalized spacial score (nSPS) is 22.3. The summed E-state index contributed by atoms with van der Waals surface area (Å²) in [5, 5.41) is 12.1. The first kappa shape index (κ1) is 31.6. The van der Waals surface area contributed by atoms with E-state index in [0.717, 1.165) is 47.3 Å². The lowest BCUT2D eigenvalue weighted by molar-refractivity contribution is -0.153. The molecule has 46 heavy (non-hydrogen) atoms. The fourth-order valence-corrected chi connectivity index (χ4v) is 7.35. The maximum atomic E-state index is 13.3. The van der Waals surface area contributed by atoms with Crippen molar-refractivity contribution in [2.45, 2.75) is 70.8 Å². The molecule has 2 amide bonds. The van der Waals surface area contributed by atoms with Gasteiger partial charge in [0.15, 0.2) is 5.82 Å². The van der Waals surface area contributed by atoms with Crippen molar-refractivity contribution >= 4 is 23.4 Å². The van der Waals surface area contributed by atoms with Crippen LogP contribution >= 0.6 is 0 Å². The zero-order valence-corrected chi connectivity index (χ0v) is 26.6. The summed E-state index contributed by atoms with van der Waals surface area (Å²) < 4.78 is 0. The van der Waals surface area contributed by atoms with Gasteiger partial charge in [0, 0.05) is 48.6 Å². The van der Waals surface area contributed by atoms with Crippen LogP contribution in [-0.4, -0.2) is 56.9 Å². The monoisotopic (exact) mass is 620 g/mol. The molecular weight excluding hydrogens is 576 g/mol. The van der Waals surface area contributed by atoms with Gasteiger partial charge in [-0.25, -0.2) is 9.97 Å². The number of carbonyl (C=O) groups is 3. The number of allylic oxidation sites excluding steroid dienone is 2. The minimum atomic E-state index is -0.913. The SMILES string of the molecule is CCC1CCC(C2CC=C(c3cnc(-c4ccc(C[C@H](NC(=O)c5ccccc5)C(=O)N5CC(C(=O)O)C5)cc4)nc3)CC2)CC1. The Morgan fingerprint density at radius 2 is 1.59 bits per heavy atom. The van der Waals surface area contributed by atoms with Gasteiger partial charge < -0.3 is 15.3 Å². The second-order valence-corrected chi connectivity index (χ2v) is 13.3. The van der Waals surface area contributed by atoms with Gasteiger partial charge in [-0.1, -0.05) is 74.7 Å². The molecule has 2 heterocycles. The first-order chi connectivity index (χ1) is 22.4. The van der Waals surface area contributed by atoms with Crippen molar-refractivity contribution in [2.24, 2.45) is 23.7 Å². The highest BCUT2D eigenvalue weighted by Crippen LogP contribution is 2.41. The van der Waals surface area contributed by atoms with Crippen LogP contribution in [0.2, 0.25) is 0 Å². The van der Waals surface area contributed by atoms with E-state index in [1.807, 2.05) is 42.7 Å².